The van der Waals surface area contributed by atoms with Crippen LogP contribution in [0.5, 0.6) is 5.75 Å². The van der Waals surface area contributed by atoms with Crippen molar-refractivity contribution in [3.05, 3.63) is 118 Å². The molecule has 8 heteroatoms. The Morgan fingerprint density at radius 1 is 0.830 bits per heavy atom. The highest BCUT2D eigenvalue weighted by atomic mass is 35.5. The van der Waals surface area contributed by atoms with Gasteiger partial charge < -0.3 is 24.8 Å². The fourth-order valence-electron chi connectivity index (χ4n) is 7.74. The van der Waals surface area contributed by atoms with Crippen molar-refractivity contribution < 1.29 is 9.90 Å². The van der Waals surface area contributed by atoms with Gasteiger partial charge in [-0.2, -0.15) is 0 Å². The minimum Gasteiger partial charge on any atom is -0.508 e. The van der Waals surface area contributed by atoms with Crippen molar-refractivity contribution in [1.29, 1.82) is 0 Å². The maximum atomic E-state index is 14.2. The monoisotopic (exact) mass is 645 g/mol. The zero-order valence-corrected chi connectivity index (χ0v) is 27.5. The Bertz CT molecular complexity index is 1890. The number of piperazine rings is 1. The van der Waals surface area contributed by atoms with Crippen LogP contribution in [0.4, 0.5) is 5.69 Å². The molecule has 47 heavy (non-hydrogen) atoms. The molecule has 0 saturated carbocycles. The lowest BCUT2D eigenvalue weighted by Gasteiger charge is -2.42. The second-order valence-corrected chi connectivity index (χ2v) is 13.8. The molecule has 1 atom stereocenters. The van der Waals surface area contributed by atoms with Crippen LogP contribution in [-0.4, -0.2) is 83.1 Å². The lowest BCUT2D eigenvalue weighted by atomic mass is 9.99. The van der Waals surface area contributed by atoms with Crippen LogP contribution < -0.4 is 4.90 Å². The van der Waals surface area contributed by atoms with Crippen molar-refractivity contribution in [3.8, 4) is 16.9 Å². The molecule has 1 amide bonds. The van der Waals surface area contributed by atoms with Gasteiger partial charge in [-0.3, -0.25) is 9.69 Å². The largest absolute Gasteiger partial charge is 0.508 e. The number of likely N-dealkylation sites (N-methyl/N-ethyl adjacent to an activating group) is 1. The molecular weight excluding hydrogens is 606 g/mol. The number of aromatic nitrogens is 1. The van der Waals surface area contributed by atoms with Gasteiger partial charge in [0, 0.05) is 84.9 Å². The third kappa shape index (κ3) is 5.77. The lowest BCUT2D eigenvalue weighted by Crippen LogP contribution is -2.52. The van der Waals surface area contributed by atoms with E-state index < -0.39 is 6.04 Å². The highest BCUT2D eigenvalue weighted by molar-refractivity contribution is 6.30. The number of nitrogens with zero attached hydrogens (tertiary/aromatic N) is 4. The molecule has 0 aliphatic carbocycles. The lowest BCUT2D eigenvalue weighted by molar-refractivity contribution is 0.0727. The molecule has 0 unspecified atom stereocenters. The number of halogens is 1. The molecule has 5 aromatic rings. The molecule has 3 aliphatic rings. The predicted octanol–water partition coefficient (Wildman–Crippen LogP) is 7.16. The van der Waals surface area contributed by atoms with Crippen LogP contribution >= 0.6 is 11.6 Å². The first-order chi connectivity index (χ1) is 22.9. The second kappa shape index (κ2) is 12.4. The number of fused-ring (bicyclic) bond motifs is 2. The molecule has 7 nitrogen and oxygen atoms in total. The summed E-state index contributed by atoms with van der Waals surface area (Å²) in [4.78, 5) is 27.1. The minimum absolute atomic E-state index is 0.0651. The Morgan fingerprint density at radius 2 is 1.57 bits per heavy atom. The molecule has 4 heterocycles. The fraction of sp³-hybridized carbons (Fsp3) is 0.308. The van der Waals surface area contributed by atoms with E-state index in [-0.39, 0.29) is 11.7 Å². The van der Waals surface area contributed by atoms with E-state index in [2.05, 4.69) is 69.2 Å². The number of anilines is 1. The van der Waals surface area contributed by atoms with Gasteiger partial charge in [-0.15, -0.1) is 0 Å². The summed E-state index contributed by atoms with van der Waals surface area (Å²) in [5.41, 5.74) is 7.44. The predicted molar refractivity (Wildman–Crippen MR) is 189 cm³/mol. The molecule has 0 spiro atoms. The molecule has 4 aromatic carbocycles. The fourth-order valence-corrected chi connectivity index (χ4v) is 7.92. The quantitative estimate of drug-likeness (QED) is 0.205. The van der Waals surface area contributed by atoms with Crippen molar-refractivity contribution in [3.63, 3.8) is 0 Å². The zero-order valence-electron chi connectivity index (χ0n) is 26.7. The normalized spacial score (nSPS) is 18.6. The van der Waals surface area contributed by atoms with Gasteiger partial charge in [0.25, 0.3) is 5.91 Å². The summed E-state index contributed by atoms with van der Waals surface area (Å²) in [5.74, 6) is 0.0378. The second-order valence-electron chi connectivity index (χ2n) is 13.3. The maximum absolute atomic E-state index is 14.2. The number of nitrogens with one attached hydrogen (secondary N) is 1. The van der Waals surface area contributed by atoms with Gasteiger partial charge in [0.15, 0.2) is 0 Å². The van der Waals surface area contributed by atoms with E-state index in [0.717, 1.165) is 46.4 Å². The summed E-state index contributed by atoms with van der Waals surface area (Å²) in [6.45, 7) is 7.31. The van der Waals surface area contributed by atoms with E-state index in [1.165, 1.54) is 44.7 Å². The zero-order chi connectivity index (χ0) is 32.1. The van der Waals surface area contributed by atoms with E-state index in [4.69, 9.17) is 11.6 Å². The topological polar surface area (TPSA) is 66.0 Å². The molecular formula is C39H40ClN5O2. The van der Waals surface area contributed by atoms with Gasteiger partial charge in [-0.05, 0) is 90.5 Å². The molecule has 8 rings (SSSR count). The van der Waals surface area contributed by atoms with Gasteiger partial charge in [-0.1, -0.05) is 54.1 Å². The SMILES string of the molecule is CN1CCN(C2CCN(c3ccc(-c4ccc5c(c4)C(=O)N([C@@H](c4cc6ccccc6[nH]4)c4cc(Cl)ccc4O)C5)cc3)CC2)CC1. The van der Waals surface area contributed by atoms with Crippen LogP contribution in [0.1, 0.15) is 46.1 Å². The average molecular weight is 646 g/mol. The number of piperidine rings is 1. The molecule has 2 saturated heterocycles. The summed E-state index contributed by atoms with van der Waals surface area (Å²) in [5, 5.41) is 12.5. The van der Waals surface area contributed by atoms with Crippen LogP contribution in [0, 0.1) is 0 Å². The Balaban J connectivity index is 1.02. The highest BCUT2D eigenvalue weighted by Gasteiger charge is 2.37. The van der Waals surface area contributed by atoms with Crippen LogP contribution in [0.25, 0.3) is 22.0 Å². The minimum atomic E-state index is -0.538. The van der Waals surface area contributed by atoms with Crippen molar-refractivity contribution in [2.75, 3.05) is 51.2 Å². The van der Waals surface area contributed by atoms with E-state index >= 15 is 0 Å². The van der Waals surface area contributed by atoms with Crippen LogP contribution in [0.2, 0.25) is 5.02 Å². The van der Waals surface area contributed by atoms with Crippen molar-refractivity contribution in [1.82, 2.24) is 19.7 Å². The van der Waals surface area contributed by atoms with E-state index in [1.54, 1.807) is 18.2 Å². The van der Waals surface area contributed by atoms with Crippen molar-refractivity contribution in [2.45, 2.75) is 31.5 Å². The summed E-state index contributed by atoms with van der Waals surface area (Å²) >= 11 is 6.42. The van der Waals surface area contributed by atoms with Crippen molar-refractivity contribution >= 4 is 34.1 Å². The van der Waals surface area contributed by atoms with Gasteiger partial charge >= 0.3 is 0 Å². The number of carbonyl (C=O) groups is 1. The number of benzene rings is 4. The van der Waals surface area contributed by atoms with Gasteiger partial charge in [0.1, 0.15) is 11.8 Å². The first kappa shape index (κ1) is 30.1. The number of aromatic hydroxyl groups is 1. The Kier molecular flexibility index (Phi) is 7.92. The summed E-state index contributed by atoms with van der Waals surface area (Å²) in [6.07, 6.45) is 2.42. The number of para-hydroxylation sites is 1. The number of phenols is 1. The van der Waals surface area contributed by atoms with Crippen LogP contribution in [0.15, 0.2) is 91.0 Å². The van der Waals surface area contributed by atoms with E-state index in [9.17, 15) is 9.90 Å². The number of phenolic OH excluding ortho intramolecular Hbond substituents is 1. The van der Waals surface area contributed by atoms with Crippen molar-refractivity contribution in [2.24, 2.45) is 0 Å². The third-order valence-electron chi connectivity index (χ3n) is 10.5. The number of hydrogen-bond acceptors (Lipinski definition) is 5. The maximum Gasteiger partial charge on any atom is 0.255 e. The van der Waals surface area contributed by atoms with Gasteiger partial charge in [0.2, 0.25) is 0 Å². The molecule has 2 fully saturated rings. The molecule has 2 N–H and O–H groups in total. The number of hydrogen-bond donors (Lipinski definition) is 2. The highest BCUT2D eigenvalue weighted by Crippen LogP contribution is 2.41. The van der Waals surface area contributed by atoms with Crippen LogP contribution in [0.3, 0.4) is 0 Å². The standard InChI is InChI=1S/C39H40ClN5O2/c1-42-18-20-44(21-19-42)32-14-16-43(17-15-32)31-11-8-26(9-12-31)27-6-7-29-25-45(39(47)33(29)22-27)38(34-24-30(40)10-13-37(34)46)36-23-28-4-2-3-5-35(28)41-36/h2-13,22-24,32,38,41,46H,14-21,25H2,1H3/t38-/m1/s1. The Morgan fingerprint density at radius 3 is 2.34 bits per heavy atom. The molecule has 0 bridgehead atoms. The summed E-state index contributed by atoms with van der Waals surface area (Å²) < 4.78 is 0. The molecule has 1 aromatic heterocycles. The Hall–Kier alpha value is -4.30. The number of amides is 1. The molecule has 240 valence electrons. The van der Waals surface area contributed by atoms with Crippen LogP contribution in [-0.2, 0) is 6.54 Å². The molecule has 0 radical (unpaired) electrons. The first-order valence-electron chi connectivity index (χ1n) is 16.7. The summed E-state index contributed by atoms with van der Waals surface area (Å²) in [6, 6.07) is 30.3. The van der Waals surface area contributed by atoms with Gasteiger partial charge in [-0.25, -0.2) is 0 Å². The number of rotatable bonds is 6. The third-order valence-corrected chi connectivity index (χ3v) is 10.7. The molecule has 3 aliphatic heterocycles. The smallest absolute Gasteiger partial charge is 0.255 e. The van der Waals surface area contributed by atoms with Gasteiger partial charge in [0.05, 0.1) is 0 Å². The first-order valence-corrected chi connectivity index (χ1v) is 17.1. The number of H-pyrrole nitrogens is 1. The van der Waals surface area contributed by atoms with E-state index in [0.29, 0.717) is 28.7 Å². The number of carbonyl (C=O) groups excluding carboxylic acids is 1. The number of aromatic amines is 1. The Labute approximate surface area is 281 Å². The van der Waals surface area contributed by atoms with E-state index in [1.807, 2.05) is 35.2 Å². The average Bonchev–Trinajstić information content (AvgIpc) is 3.67. The summed E-state index contributed by atoms with van der Waals surface area (Å²) in [7, 11) is 2.22.